The molecule has 2 N–H and O–H groups in total. The number of fused-ring (bicyclic) bond motifs is 2. The van der Waals surface area contributed by atoms with Crippen molar-refractivity contribution in [1.82, 2.24) is 10.2 Å². The first-order chi connectivity index (χ1) is 5.29. The van der Waals surface area contributed by atoms with E-state index >= 15 is 0 Å². The summed E-state index contributed by atoms with van der Waals surface area (Å²) in [5.41, 5.74) is 0. The zero-order chi connectivity index (χ0) is 7.84. The summed E-state index contributed by atoms with van der Waals surface area (Å²) in [7, 11) is 0. The fourth-order valence-electron chi connectivity index (χ4n) is 2.09. The van der Waals surface area contributed by atoms with E-state index in [9.17, 15) is 4.79 Å². The Balaban J connectivity index is 0. The van der Waals surface area contributed by atoms with Crippen LogP contribution in [0.5, 0.6) is 0 Å². The number of carboxylic acid groups (broad SMARTS) is 1. The molecule has 2 saturated heterocycles. The maximum Gasteiger partial charge on any atom is 2.00 e. The molecule has 0 saturated carbocycles. The number of halogens is 1. The van der Waals surface area contributed by atoms with Crippen LogP contribution in [-0.4, -0.2) is 64.3 Å². The van der Waals surface area contributed by atoms with Gasteiger partial charge in [0.05, 0.1) is 0 Å². The summed E-state index contributed by atoms with van der Waals surface area (Å²) in [4.78, 5) is 12.3. The second-order valence-electron chi connectivity index (χ2n) is 3.23. The summed E-state index contributed by atoms with van der Waals surface area (Å²) in [5.74, 6) is 0. The minimum atomic E-state index is -0.751. The van der Waals surface area contributed by atoms with E-state index in [-0.39, 0.29) is 59.5 Å². The zero-order valence-corrected chi connectivity index (χ0v) is 11.4. The molecule has 78 valence electrons. The predicted octanol–water partition coefficient (Wildman–Crippen LogP) is -2.83. The number of hydrogen-bond donors (Lipinski definition) is 2. The van der Waals surface area contributed by atoms with Crippen LogP contribution in [0.25, 0.3) is 0 Å². The molecular formula is C8H15BrMgN2O2. The third-order valence-electron chi connectivity index (χ3n) is 2.60. The van der Waals surface area contributed by atoms with E-state index < -0.39 is 6.09 Å². The molecule has 0 aromatic rings. The molecule has 1 amide bonds. The molecule has 2 bridgehead atoms. The van der Waals surface area contributed by atoms with Gasteiger partial charge in [0.1, 0.15) is 0 Å². The van der Waals surface area contributed by atoms with Crippen LogP contribution in [0.2, 0.25) is 0 Å². The van der Waals surface area contributed by atoms with Crippen LogP contribution >= 0.6 is 0 Å². The molecule has 0 aliphatic carbocycles. The van der Waals surface area contributed by atoms with Gasteiger partial charge in [0, 0.05) is 25.2 Å². The summed E-state index contributed by atoms with van der Waals surface area (Å²) in [6, 6.07) is 0.484. The molecule has 4 nitrogen and oxygen atoms in total. The number of carbonyl (C=O) groups is 1. The number of nitrogens with zero attached hydrogens (tertiary/aromatic N) is 1. The number of nitrogens with one attached hydrogen (secondary N) is 1. The summed E-state index contributed by atoms with van der Waals surface area (Å²) in [6.45, 7) is 1.67. The molecule has 0 aromatic carbocycles. The van der Waals surface area contributed by atoms with Crippen molar-refractivity contribution in [3.8, 4) is 0 Å². The van der Waals surface area contributed by atoms with Crippen molar-refractivity contribution in [3.63, 3.8) is 0 Å². The maximum atomic E-state index is 10.7. The van der Waals surface area contributed by atoms with Gasteiger partial charge in [-0.3, -0.25) is 4.90 Å². The zero-order valence-electron chi connectivity index (χ0n) is 8.37. The Bertz CT molecular complexity index is 178. The van der Waals surface area contributed by atoms with E-state index in [1.165, 1.54) is 0 Å². The first-order valence-corrected chi connectivity index (χ1v) is 4.01. The maximum absolute atomic E-state index is 10.7. The quantitative estimate of drug-likeness (QED) is 0.370. The van der Waals surface area contributed by atoms with Crippen LogP contribution in [0.15, 0.2) is 0 Å². The van der Waals surface area contributed by atoms with Gasteiger partial charge in [-0.05, 0) is 12.8 Å². The van der Waals surface area contributed by atoms with E-state index in [0.717, 1.165) is 25.9 Å². The van der Waals surface area contributed by atoms with E-state index in [2.05, 4.69) is 5.32 Å². The van der Waals surface area contributed by atoms with Gasteiger partial charge >= 0.3 is 29.1 Å². The van der Waals surface area contributed by atoms with Crippen molar-refractivity contribution < 1.29 is 26.9 Å². The second-order valence-corrected chi connectivity index (χ2v) is 3.23. The van der Waals surface area contributed by atoms with Gasteiger partial charge < -0.3 is 34.8 Å². The standard InChI is InChI=1S/C7H12N2O2.CH3.BrH.Mg/c10-7(11)9-5-1-2-6(9)4-8-3-5;;;/h5-6,8H,1-4H2,(H,10,11);1H3;1H;/q;-1;;+2/p-1. The van der Waals surface area contributed by atoms with Crippen LogP contribution in [0, 0.1) is 7.43 Å². The molecule has 2 unspecified atom stereocenters. The van der Waals surface area contributed by atoms with Crippen molar-refractivity contribution in [2.75, 3.05) is 13.1 Å². The Morgan fingerprint density at radius 2 is 1.71 bits per heavy atom. The third-order valence-corrected chi connectivity index (χ3v) is 2.60. The first-order valence-electron chi connectivity index (χ1n) is 4.01. The van der Waals surface area contributed by atoms with E-state index in [1.807, 2.05) is 0 Å². The fourth-order valence-corrected chi connectivity index (χ4v) is 2.09. The molecule has 2 aliphatic rings. The smallest absolute Gasteiger partial charge is 1.00 e. The van der Waals surface area contributed by atoms with Crippen LogP contribution in [0.1, 0.15) is 12.8 Å². The van der Waals surface area contributed by atoms with E-state index in [0.29, 0.717) is 0 Å². The summed E-state index contributed by atoms with van der Waals surface area (Å²) < 4.78 is 0. The number of rotatable bonds is 0. The first kappa shape index (κ1) is 16.9. The van der Waals surface area contributed by atoms with Gasteiger partial charge in [0.15, 0.2) is 0 Å². The topological polar surface area (TPSA) is 52.6 Å². The molecule has 2 rings (SSSR count). The molecule has 0 aromatic heterocycles. The van der Waals surface area contributed by atoms with Crippen molar-refractivity contribution in [1.29, 1.82) is 0 Å². The van der Waals surface area contributed by atoms with Gasteiger partial charge in [0.2, 0.25) is 0 Å². The van der Waals surface area contributed by atoms with E-state index in [1.54, 1.807) is 4.90 Å². The third kappa shape index (κ3) is 2.98. The normalized spacial score (nSPS) is 28.1. The Morgan fingerprint density at radius 3 is 2.00 bits per heavy atom. The molecular weight excluding hydrogens is 260 g/mol. The molecule has 2 fully saturated rings. The average Bonchev–Trinajstić information content (AvgIpc) is 2.23. The molecule has 2 aliphatic heterocycles. The number of amides is 1. The Morgan fingerprint density at radius 1 is 1.29 bits per heavy atom. The summed E-state index contributed by atoms with van der Waals surface area (Å²) in [5, 5.41) is 12.0. The minimum absolute atomic E-state index is 0. The van der Waals surface area contributed by atoms with Crippen LogP contribution in [-0.2, 0) is 0 Å². The SMILES string of the molecule is O=C(O)N1C2CCC1CNC2.[Br-].[CH3-].[Mg+2]. The number of hydrogen-bond acceptors (Lipinski definition) is 2. The minimum Gasteiger partial charge on any atom is -1.00 e. The van der Waals surface area contributed by atoms with Crippen molar-refractivity contribution >= 4 is 29.1 Å². The second kappa shape index (κ2) is 6.87. The molecule has 0 radical (unpaired) electrons. The van der Waals surface area contributed by atoms with Gasteiger partial charge in [0.25, 0.3) is 0 Å². The predicted molar refractivity (Wildman–Crippen MR) is 51.7 cm³/mol. The summed E-state index contributed by atoms with van der Waals surface area (Å²) in [6.07, 6.45) is 1.31. The van der Waals surface area contributed by atoms with Crippen LogP contribution in [0.4, 0.5) is 4.79 Å². The van der Waals surface area contributed by atoms with Crippen LogP contribution < -0.4 is 22.3 Å². The molecule has 6 heteroatoms. The van der Waals surface area contributed by atoms with Gasteiger partial charge in [-0.1, -0.05) is 0 Å². The number of piperazine rings is 1. The molecule has 14 heavy (non-hydrogen) atoms. The Kier molecular flexibility index (Phi) is 8.29. The van der Waals surface area contributed by atoms with E-state index in [4.69, 9.17) is 5.11 Å². The van der Waals surface area contributed by atoms with Gasteiger partial charge in [-0.15, -0.1) is 0 Å². The fraction of sp³-hybridized carbons (Fsp3) is 0.750. The largest absolute Gasteiger partial charge is 2.00 e. The van der Waals surface area contributed by atoms with Crippen molar-refractivity contribution in [2.24, 2.45) is 0 Å². The van der Waals surface area contributed by atoms with Gasteiger partial charge in [-0.25, -0.2) is 4.79 Å². The Hall–Kier alpha value is 0.476. The van der Waals surface area contributed by atoms with Crippen LogP contribution in [0.3, 0.4) is 0 Å². The van der Waals surface area contributed by atoms with Gasteiger partial charge in [-0.2, -0.15) is 0 Å². The molecule has 2 atom stereocenters. The molecule has 0 spiro atoms. The molecule has 2 heterocycles. The monoisotopic (exact) mass is 274 g/mol. The van der Waals surface area contributed by atoms with Crippen molar-refractivity contribution in [2.45, 2.75) is 24.9 Å². The average molecular weight is 275 g/mol. The Labute approximate surface area is 111 Å². The van der Waals surface area contributed by atoms with Crippen molar-refractivity contribution in [3.05, 3.63) is 7.43 Å². The summed E-state index contributed by atoms with van der Waals surface area (Å²) >= 11 is 0.